The number of rotatable bonds is 7. The molecule has 0 spiro atoms. The van der Waals surface area contributed by atoms with Crippen molar-refractivity contribution in [1.29, 1.82) is 0 Å². The molecule has 1 amide bonds. The van der Waals surface area contributed by atoms with Crippen molar-refractivity contribution in [3.05, 3.63) is 94.4 Å². The van der Waals surface area contributed by atoms with Gasteiger partial charge in [-0.1, -0.05) is 54.1 Å². The molecule has 5 heteroatoms. The molecule has 0 fully saturated rings. The molecule has 3 nitrogen and oxygen atoms in total. The third kappa shape index (κ3) is 5.16. The lowest BCUT2D eigenvalue weighted by atomic mass is 10.2. The highest BCUT2D eigenvalue weighted by Gasteiger charge is 2.16. The van der Waals surface area contributed by atoms with Crippen LogP contribution in [0.1, 0.15) is 27.4 Å². The van der Waals surface area contributed by atoms with Gasteiger partial charge in [-0.25, -0.2) is 0 Å². The minimum atomic E-state index is -0.109. The summed E-state index contributed by atoms with van der Waals surface area (Å²) < 4.78 is 5.73. The van der Waals surface area contributed by atoms with Gasteiger partial charge in [0.25, 0.3) is 5.91 Å². The third-order valence-electron chi connectivity index (χ3n) is 3.91. The Kier molecular flexibility index (Phi) is 6.42. The zero-order valence-electron chi connectivity index (χ0n) is 14.5. The summed E-state index contributed by atoms with van der Waals surface area (Å²) in [4.78, 5) is 14.2. The van der Waals surface area contributed by atoms with Crippen molar-refractivity contribution in [1.82, 2.24) is 4.90 Å². The van der Waals surface area contributed by atoms with Crippen LogP contribution in [0, 0.1) is 0 Å². The molecule has 0 bridgehead atoms. The molecule has 0 aliphatic rings. The second-order valence-electron chi connectivity index (χ2n) is 6.03. The minimum absolute atomic E-state index is 0.109. The van der Waals surface area contributed by atoms with Crippen LogP contribution in [-0.2, 0) is 18.1 Å². The average molecular weight is 386 g/mol. The first-order valence-electron chi connectivity index (χ1n) is 8.32. The molecule has 134 valence electrons. The number of halogens is 1. The predicted octanol–water partition coefficient (Wildman–Crippen LogP) is 5.64. The number of hydrogen-bond acceptors (Lipinski definition) is 3. The quantitative estimate of drug-likeness (QED) is 0.527. The molecule has 0 radical (unpaired) electrons. The number of furan rings is 1. The van der Waals surface area contributed by atoms with Crippen LogP contribution >= 0.6 is 23.4 Å². The van der Waals surface area contributed by atoms with Crippen molar-refractivity contribution in [3.63, 3.8) is 0 Å². The molecule has 0 aliphatic carbocycles. The summed E-state index contributed by atoms with van der Waals surface area (Å²) in [5, 5.41) is 0.743. The molecule has 0 aliphatic heterocycles. The van der Waals surface area contributed by atoms with E-state index in [0.717, 1.165) is 27.9 Å². The molecule has 0 N–H and O–H groups in total. The number of amides is 1. The van der Waals surface area contributed by atoms with E-state index in [4.69, 9.17) is 16.0 Å². The van der Waals surface area contributed by atoms with Gasteiger partial charge in [-0.3, -0.25) is 4.79 Å². The predicted molar refractivity (Wildman–Crippen MR) is 107 cm³/mol. The van der Waals surface area contributed by atoms with Crippen LogP contribution in [0.3, 0.4) is 0 Å². The van der Waals surface area contributed by atoms with Crippen LogP contribution in [0.4, 0.5) is 0 Å². The lowest BCUT2D eigenvalue weighted by Gasteiger charge is -2.15. The zero-order valence-corrected chi connectivity index (χ0v) is 16.1. The van der Waals surface area contributed by atoms with Gasteiger partial charge in [-0.15, -0.1) is 11.8 Å². The number of thioether (sulfide) groups is 1. The van der Waals surface area contributed by atoms with Crippen molar-refractivity contribution in [2.45, 2.75) is 18.1 Å². The van der Waals surface area contributed by atoms with Gasteiger partial charge in [0.05, 0.1) is 5.75 Å². The maximum atomic E-state index is 12.5. The molecule has 2 aromatic carbocycles. The van der Waals surface area contributed by atoms with E-state index in [1.807, 2.05) is 60.7 Å². The molecular formula is C21H20ClNO2S. The summed E-state index contributed by atoms with van der Waals surface area (Å²) in [6.45, 7) is 0.557. The fraction of sp³-hybridized carbons (Fsp3) is 0.190. The molecule has 0 unspecified atom stereocenters. The molecule has 0 saturated carbocycles. The van der Waals surface area contributed by atoms with E-state index in [1.165, 1.54) is 5.56 Å². The van der Waals surface area contributed by atoms with E-state index in [2.05, 4.69) is 0 Å². The maximum absolute atomic E-state index is 12.5. The first-order chi connectivity index (χ1) is 12.6. The van der Waals surface area contributed by atoms with Gasteiger partial charge in [0.2, 0.25) is 0 Å². The van der Waals surface area contributed by atoms with Crippen LogP contribution < -0.4 is 0 Å². The summed E-state index contributed by atoms with van der Waals surface area (Å²) in [7, 11) is 1.78. The largest absolute Gasteiger partial charge is 0.455 e. The standard InChI is InChI=1S/C21H20ClNO2S/c1-23(13-16-5-3-2-4-6-16)21(24)20-12-11-19(25-20)15-26-14-17-7-9-18(22)10-8-17/h2-12H,13-15H2,1H3. The monoisotopic (exact) mass is 385 g/mol. The van der Waals surface area contributed by atoms with E-state index >= 15 is 0 Å². The Morgan fingerprint density at radius 3 is 2.42 bits per heavy atom. The number of carbonyl (C=O) groups excluding carboxylic acids is 1. The first-order valence-corrected chi connectivity index (χ1v) is 9.85. The first kappa shape index (κ1) is 18.6. The van der Waals surface area contributed by atoms with Crippen molar-refractivity contribution >= 4 is 29.3 Å². The molecule has 1 aromatic heterocycles. The smallest absolute Gasteiger partial charge is 0.289 e. The fourth-order valence-electron chi connectivity index (χ4n) is 2.54. The average Bonchev–Trinajstić information content (AvgIpc) is 3.12. The summed E-state index contributed by atoms with van der Waals surface area (Å²) >= 11 is 7.63. The van der Waals surface area contributed by atoms with Gasteiger partial charge in [0.1, 0.15) is 5.76 Å². The fourth-order valence-corrected chi connectivity index (χ4v) is 3.55. The van der Waals surface area contributed by atoms with Crippen LogP contribution in [-0.4, -0.2) is 17.9 Å². The van der Waals surface area contributed by atoms with E-state index in [9.17, 15) is 4.79 Å². The Morgan fingerprint density at radius 1 is 0.962 bits per heavy atom. The van der Waals surface area contributed by atoms with Crippen molar-refractivity contribution in [2.24, 2.45) is 0 Å². The molecule has 26 heavy (non-hydrogen) atoms. The molecule has 1 heterocycles. The summed E-state index contributed by atoms with van der Waals surface area (Å²) in [5.41, 5.74) is 2.30. The van der Waals surface area contributed by atoms with Crippen LogP contribution in [0.15, 0.2) is 71.1 Å². The van der Waals surface area contributed by atoms with E-state index in [1.54, 1.807) is 29.8 Å². The Hall–Kier alpha value is -2.17. The van der Waals surface area contributed by atoms with E-state index < -0.39 is 0 Å². The van der Waals surface area contributed by atoms with Crippen LogP contribution in [0.5, 0.6) is 0 Å². The van der Waals surface area contributed by atoms with E-state index in [0.29, 0.717) is 12.3 Å². The molecule has 0 saturated heterocycles. The second kappa shape index (κ2) is 8.97. The number of nitrogens with zero attached hydrogens (tertiary/aromatic N) is 1. The number of carbonyl (C=O) groups is 1. The Morgan fingerprint density at radius 2 is 1.69 bits per heavy atom. The van der Waals surface area contributed by atoms with Gasteiger partial charge in [0, 0.05) is 24.4 Å². The van der Waals surface area contributed by atoms with Crippen molar-refractivity contribution in [3.8, 4) is 0 Å². The van der Waals surface area contributed by atoms with Gasteiger partial charge in [-0.05, 0) is 35.4 Å². The SMILES string of the molecule is CN(Cc1ccccc1)C(=O)c1ccc(CSCc2ccc(Cl)cc2)o1. The number of benzene rings is 2. The summed E-state index contributed by atoms with van der Waals surface area (Å²) in [6, 6.07) is 21.4. The molecule has 3 rings (SSSR count). The van der Waals surface area contributed by atoms with Crippen molar-refractivity contribution < 1.29 is 9.21 Å². The van der Waals surface area contributed by atoms with Gasteiger partial charge in [0.15, 0.2) is 5.76 Å². The van der Waals surface area contributed by atoms with Gasteiger partial charge in [-0.2, -0.15) is 0 Å². The molecule has 3 aromatic rings. The van der Waals surface area contributed by atoms with Gasteiger partial charge < -0.3 is 9.32 Å². The Labute approximate surface area is 163 Å². The minimum Gasteiger partial charge on any atom is -0.455 e. The highest BCUT2D eigenvalue weighted by molar-refractivity contribution is 7.97. The van der Waals surface area contributed by atoms with E-state index in [-0.39, 0.29) is 5.91 Å². The number of hydrogen-bond donors (Lipinski definition) is 0. The molecular weight excluding hydrogens is 366 g/mol. The summed E-state index contributed by atoms with van der Waals surface area (Å²) in [6.07, 6.45) is 0. The Bertz CT molecular complexity index is 846. The van der Waals surface area contributed by atoms with Crippen molar-refractivity contribution in [2.75, 3.05) is 7.05 Å². The van der Waals surface area contributed by atoms with Crippen LogP contribution in [0.25, 0.3) is 0 Å². The van der Waals surface area contributed by atoms with Crippen LogP contribution in [0.2, 0.25) is 5.02 Å². The normalized spacial score (nSPS) is 10.7. The third-order valence-corrected chi connectivity index (χ3v) is 5.19. The lowest BCUT2D eigenvalue weighted by molar-refractivity contribution is 0.0752. The Balaban J connectivity index is 1.51. The maximum Gasteiger partial charge on any atom is 0.289 e. The molecule has 0 atom stereocenters. The lowest BCUT2D eigenvalue weighted by Crippen LogP contribution is -2.25. The van der Waals surface area contributed by atoms with Gasteiger partial charge >= 0.3 is 0 Å². The topological polar surface area (TPSA) is 33.5 Å². The highest BCUT2D eigenvalue weighted by atomic mass is 35.5. The highest BCUT2D eigenvalue weighted by Crippen LogP contribution is 2.21. The summed E-state index contributed by atoms with van der Waals surface area (Å²) in [5.74, 6) is 2.67. The zero-order chi connectivity index (χ0) is 18.4. The second-order valence-corrected chi connectivity index (χ2v) is 7.45.